The summed E-state index contributed by atoms with van der Waals surface area (Å²) in [5.41, 5.74) is 1.94. The minimum Gasteiger partial charge on any atom is -0.496 e. The third-order valence-electron chi connectivity index (χ3n) is 8.74. The molecule has 0 bridgehead atoms. The molecule has 0 aliphatic carbocycles. The third kappa shape index (κ3) is 8.63. The number of benzene rings is 2. The first-order chi connectivity index (χ1) is 20.6. The molecule has 4 rings (SSSR count). The van der Waals surface area contributed by atoms with E-state index in [1.807, 2.05) is 47.4 Å². The van der Waals surface area contributed by atoms with Crippen molar-refractivity contribution in [3.05, 3.63) is 53.6 Å². The van der Waals surface area contributed by atoms with Crippen molar-refractivity contribution < 1.29 is 33.4 Å². The molecule has 0 saturated carbocycles. The highest BCUT2D eigenvalue weighted by Crippen LogP contribution is 2.43. The standard InChI is InChI=1S/C34H49N3O6/c1-6-7-18-35(19-10-11-20-37(2,3)4)32(38)23-36-22-27(26-15-17-30-31(21-26)43-24-42-30)33(34(39)40)28(36)16-14-25-12-8-9-13-29(25)41-5/h8-9,12-13,15,17,21,27-28,33H,6-7,10-11,14,16,18-20,22-24H2,1-5H3/p+1. The molecule has 236 valence electrons. The molecule has 0 radical (unpaired) electrons. The van der Waals surface area contributed by atoms with Crippen LogP contribution in [0.2, 0.25) is 0 Å². The number of quaternary nitrogens is 1. The van der Waals surface area contributed by atoms with E-state index in [0.717, 1.165) is 66.7 Å². The molecular weight excluding hydrogens is 546 g/mol. The molecule has 9 heteroatoms. The largest absolute Gasteiger partial charge is 0.496 e. The van der Waals surface area contributed by atoms with Gasteiger partial charge in [-0.15, -0.1) is 0 Å². The summed E-state index contributed by atoms with van der Waals surface area (Å²) >= 11 is 0. The zero-order valence-corrected chi connectivity index (χ0v) is 26.6. The van der Waals surface area contributed by atoms with Crippen LogP contribution >= 0.6 is 0 Å². The van der Waals surface area contributed by atoms with Gasteiger partial charge in [-0.2, -0.15) is 0 Å². The smallest absolute Gasteiger partial charge is 0.308 e. The first-order valence-corrected chi connectivity index (χ1v) is 15.7. The van der Waals surface area contributed by atoms with E-state index in [1.54, 1.807) is 7.11 Å². The maximum atomic E-state index is 13.9. The minimum absolute atomic E-state index is 0.0801. The lowest BCUT2D eigenvalue weighted by atomic mass is 9.83. The Bertz CT molecular complexity index is 1230. The van der Waals surface area contributed by atoms with Gasteiger partial charge in [0.05, 0.1) is 47.3 Å². The van der Waals surface area contributed by atoms with Crippen LogP contribution in [0.1, 0.15) is 56.1 Å². The number of para-hydroxylation sites is 1. The molecule has 2 aromatic carbocycles. The van der Waals surface area contributed by atoms with Crippen molar-refractivity contribution in [2.75, 3.05) is 67.8 Å². The first-order valence-electron chi connectivity index (χ1n) is 15.7. The number of carboxylic acids is 1. The van der Waals surface area contributed by atoms with Crippen LogP contribution in [0.25, 0.3) is 0 Å². The third-order valence-corrected chi connectivity index (χ3v) is 8.74. The van der Waals surface area contributed by atoms with Crippen LogP contribution in [0.5, 0.6) is 17.2 Å². The number of amides is 1. The number of unbranched alkanes of at least 4 members (excludes halogenated alkanes) is 2. The fourth-order valence-corrected chi connectivity index (χ4v) is 6.42. The number of rotatable bonds is 16. The van der Waals surface area contributed by atoms with E-state index < -0.39 is 11.9 Å². The summed E-state index contributed by atoms with van der Waals surface area (Å²) in [5.74, 6) is 0.392. The summed E-state index contributed by atoms with van der Waals surface area (Å²) < 4.78 is 17.6. The van der Waals surface area contributed by atoms with Gasteiger partial charge in [-0.05, 0) is 61.4 Å². The lowest BCUT2D eigenvalue weighted by Gasteiger charge is -2.30. The summed E-state index contributed by atoms with van der Waals surface area (Å²) in [6, 6.07) is 13.3. The molecule has 0 aromatic heterocycles. The number of methoxy groups -OCH3 is 1. The van der Waals surface area contributed by atoms with Crippen molar-refractivity contribution in [1.82, 2.24) is 9.80 Å². The van der Waals surface area contributed by atoms with E-state index in [-0.39, 0.29) is 31.2 Å². The van der Waals surface area contributed by atoms with Gasteiger partial charge in [-0.3, -0.25) is 14.5 Å². The fraction of sp³-hybridized carbons (Fsp3) is 0.588. The molecule has 3 unspecified atom stereocenters. The number of ether oxygens (including phenoxy) is 3. The maximum Gasteiger partial charge on any atom is 0.308 e. The van der Waals surface area contributed by atoms with Crippen molar-refractivity contribution in [3.63, 3.8) is 0 Å². The quantitative estimate of drug-likeness (QED) is 0.223. The average Bonchev–Trinajstić information content (AvgIpc) is 3.59. The summed E-state index contributed by atoms with van der Waals surface area (Å²) in [7, 11) is 8.22. The van der Waals surface area contributed by atoms with Crippen LogP contribution in [0.4, 0.5) is 0 Å². The van der Waals surface area contributed by atoms with E-state index in [9.17, 15) is 14.7 Å². The summed E-state index contributed by atoms with van der Waals surface area (Å²) in [6.07, 6.45) is 5.24. The zero-order valence-electron chi connectivity index (χ0n) is 26.6. The number of aliphatic carboxylic acids is 1. The Morgan fingerprint density at radius 3 is 2.51 bits per heavy atom. The molecule has 3 atom stereocenters. The second-order valence-corrected chi connectivity index (χ2v) is 12.9. The molecule has 2 aliphatic rings. The minimum atomic E-state index is -0.842. The number of carbonyl (C=O) groups is 2. The highest BCUT2D eigenvalue weighted by Gasteiger charge is 2.47. The van der Waals surface area contributed by atoms with E-state index >= 15 is 0 Å². The van der Waals surface area contributed by atoms with Gasteiger partial charge in [-0.25, -0.2) is 0 Å². The average molecular weight is 597 g/mol. The number of hydrogen-bond donors (Lipinski definition) is 1. The highest BCUT2D eigenvalue weighted by atomic mass is 16.7. The second kappa shape index (κ2) is 14.9. The van der Waals surface area contributed by atoms with Gasteiger partial charge in [0.15, 0.2) is 11.5 Å². The van der Waals surface area contributed by atoms with Crippen molar-refractivity contribution in [2.45, 2.75) is 57.4 Å². The molecule has 43 heavy (non-hydrogen) atoms. The monoisotopic (exact) mass is 596 g/mol. The van der Waals surface area contributed by atoms with Gasteiger partial charge in [0.25, 0.3) is 0 Å². The molecule has 2 aromatic rings. The van der Waals surface area contributed by atoms with E-state index in [4.69, 9.17) is 14.2 Å². The number of carbonyl (C=O) groups excluding carboxylic acids is 1. The van der Waals surface area contributed by atoms with Crippen LogP contribution in [-0.4, -0.2) is 105 Å². The van der Waals surface area contributed by atoms with E-state index in [0.29, 0.717) is 30.9 Å². The molecule has 1 amide bonds. The Morgan fingerprint density at radius 1 is 1.05 bits per heavy atom. The molecule has 1 N–H and O–H groups in total. The van der Waals surface area contributed by atoms with E-state index in [1.165, 1.54) is 0 Å². The molecular formula is C34H50N3O6+. The van der Waals surface area contributed by atoms with Gasteiger partial charge in [0.1, 0.15) is 5.75 Å². The number of aryl methyl sites for hydroxylation is 1. The fourth-order valence-electron chi connectivity index (χ4n) is 6.42. The van der Waals surface area contributed by atoms with Crippen LogP contribution in [-0.2, 0) is 16.0 Å². The Morgan fingerprint density at radius 2 is 1.79 bits per heavy atom. The topological polar surface area (TPSA) is 88.5 Å². The van der Waals surface area contributed by atoms with Crippen molar-refractivity contribution in [1.29, 1.82) is 0 Å². The Labute approximate surface area is 256 Å². The first kappa shape index (κ1) is 32.6. The second-order valence-electron chi connectivity index (χ2n) is 12.9. The number of likely N-dealkylation sites (tertiary alicyclic amines) is 1. The molecule has 1 fully saturated rings. The predicted molar refractivity (Wildman–Crippen MR) is 167 cm³/mol. The summed E-state index contributed by atoms with van der Waals surface area (Å²) in [4.78, 5) is 30.9. The van der Waals surface area contributed by atoms with Gasteiger partial charge in [0, 0.05) is 31.6 Å². The lowest BCUT2D eigenvalue weighted by Crippen LogP contribution is -2.45. The van der Waals surface area contributed by atoms with Crippen LogP contribution in [0, 0.1) is 5.92 Å². The zero-order chi connectivity index (χ0) is 31.0. The molecule has 1 saturated heterocycles. The van der Waals surface area contributed by atoms with Gasteiger partial charge in [0.2, 0.25) is 12.7 Å². The SMILES string of the molecule is CCCCN(CCCC[N+](C)(C)C)C(=O)CN1CC(c2ccc3c(c2)OCO3)C(C(=O)O)C1CCc1ccccc1OC. The Hall–Kier alpha value is -3.30. The maximum absolute atomic E-state index is 13.9. The summed E-state index contributed by atoms with van der Waals surface area (Å²) in [5, 5.41) is 10.6. The molecule has 2 aliphatic heterocycles. The van der Waals surface area contributed by atoms with Gasteiger partial charge in [-0.1, -0.05) is 37.6 Å². The Balaban J connectivity index is 1.56. The van der Waals surface area contributed by atoms with Gasteiger partial charge < -0.3 is 28.7 Å². The van der Waals surface area contributed by atoms with Crippen LogP contribution in [0.15, 0.2) is 42.5 Å². The number of hydrogen-bond acceptors (Lipinski definition) is 6. The normalized spacial score (nSPS) is 19.9. The predicted octanol–water partition coefficient (Wildman–Crippen LogP) is 4.64. The van der Waals surface area contributed by atoms with E-state index in [2.05, 4.69) is 33.0 Å². The van der Waals surface area contributed by atoms with Crippen molar-refractivity contribution in [2.24, 2.45) is 5.92 Å². The van der Waals surface area contributed by atoms with Crippen molar-refractivity contribution >= 4 is 11.9 Å². The van der Waals surface area contributed by atoms with Crippen LogP contribution in [0.3, 0.4) is 0 Å². The molecule has 9 nitrogen and oxygen atoms in total. The number of fused-ring (bicyclic) bond motifs is 1. The number of carboxylic acid groups (broad SMARTS) is 1. The molecule has 0 spiro atoms. The lowest BCUT2D eigenvalue weighted by molar-refractivity contribution is -0.870. The van der Waals surface area contributed by atoms with Crippen LogP contribution < -0.4 is 14.2 Å². The Kier molecular flexibility index (Phi) is 11.3. The summed E-state index contributed by atoms with van der Waals surface area (Å²) in [6.45, 7) is 5.52. The van der Waals surface area contributed by atoms with Crippen molar-refractivity contribution in [3.8, 4) is 17.2 Å². The molecule has 2 heterocycles. The van der Waals surface area contributed by atoms with Gasteiger partial charge >= 0.3 is 5.97 Å². The number of nitrogens with zero attached hydrogens (tertiary/aromatic N) is 3. The highest BCUT2D eigenvalue weighted by molar-refractivity contribution is 5.79.